The van der Waals surface area contributed by atoms with Gasteiger partial charge in [-0.15, -0.1) is 0 Å². The molecule has 0 radical (unpaired) electrons. The van der Waals surface area contributed by atoms with E-state index < -0.39 is 0 Å². The first-order valence-corrected chi connectivity index (χ1v) is 5.40. The first-order chi connectivity index (χ1) is 8.28. The van der Waals surface area contributed by atoms with Gasteiger partial charge in [-0.1, -0.05) is 0 Å². The molecule has 17 heavy (non-hydrogen) atoms. The Morgan fingerprint density at radius 2 is 2.29 bits per heavy atom. The van der Waals surface area contributed by atoms with Crippen molar-refractivity contribution in [3.63, 3.8) is 0 Å². The lowest BCUT2D eigenvalue weighted by molar-refractivity contribution is 0.285. The maximum atomic E-state index is 5.35. The van der Waals surface area contributed by atoms with Gasteiger partial charge in [0.1, 0.15) is 5.76 Å². The number of pyridine rings is 1. The lowest BCUT2D eigenvalue weighted by Gasteiger charge is -2.14. The Kier molecular flexibility index (Phi) is 3.74. The van der Waals surface area contributed by atoms with Gasteiger partial charge in [-0.2, -0.15) is 0 Å². The van der Waals surface area contributed by atoms with Crippen LogP contribution in [0.1, 0.15) is 11.5 Å². The Morgan fingerprint density at radius 3 is 3.00 bits per heavy atom. The Hall–Kier alpha value is -1.85. The number of nitrogens with two attached hydrogens (primary N) is 1. The summed E-state index contributed by atoms with van der Waals surface area (Å²) < 4.78 is 5.29. The quantitative estimate of drug-likeness (QED) is 0.605. The second-order valence-corrected chi connectivity index (χ2v) is 3.93. The summed E-state index contributed by atoms with van der Waals surface area (Å²) in [6, 6.07) is 7.61. The maximum Gasteiger partial charge on any atom is 0.117 e. The number of nitrogen functional groups attached to an aromatic ring is 1. The number of nitrogens with zero attached hydrogens (tertiary/aromatic N) is 2. The molecule has 2 heterocycles. The van der Waals surface area contributed by atoms with Crippen LogP contribution in [0.3, 0.4) is 0 Å². The number of hydrogen-bond donors (Lipinski definition) is 2. The van der Waals surface area contributed by atoms with Crippen LogP contribution in [0.2, 0.25) is 0 Å². The second kappa shape index (κ2) is 5.47. The van der Waals surface area contributed by atoms with Crippen LogP contribution in [-0.4, -0.2) is 16.9 Å². The SMILES string of the molecule is CN(Cc1cc(NN)ccn1)Cc1ccco1. The Balaban J connectivity index is 1.95. The molecular weight excluding hydrogens is 216 g/mol. The summed E-state index contributed by atoms with van der Waals surface area (Å²) in [6.07, 6.45) is 3.42. The molecule has 0 atom stereocenters. The summed E-state index contributed by atoms with van der Waals surface area (Å²) in [6.45, 7) is 1.51. The van der Waals surface area contributed by atoms with Gasteiger partial charge in [-0.05, 0) is 31.3 Å². The van der Waals surface area contributed by atoms with E-state index in [9.17, 15) is 0 Å². The van der Waals surface area contributed by atoms with Crippen LogP contribution in [0.25, 0.3) is 0 Å². The maximum absolute atomic E-state index is 5.35. The molecule has 0 fully saturated rings. The zero-order chi connectivity index (χ0) is 12.1. The van der Waals surface area contributed by atoms with Gasteiger partial charge in [0.05, 0.1) is 24.2 Å². The van der Waals surface area contributed by atoms with Crippen molar-refractivity contribution in [1.29, 1.82) is 0 Å². The van der Waals surface area contributed by atoms with Crippen molar-refractivity contribution < 1.29 is 4.42 Å². The molecule has 2 rings (SSSR count). The Bertz CT molecular complexity index is 455. The number of furan rings is 1. The number of nitrogens with one attached hydrogen (secondary N) is 1. The molecule has 2 aromatic rings. The number of rotatable bonds is 5. The molecule has 3 N–H and O–H groups in total. The molecule has 0 aliphatic rings. The van der Waals surface area contributed by atoms with Crippen molar-refractivity contribution in [2.45, 2.75) is 13.1 Å². The topological polar surface area (TPSA) is 67.3 Å². The van der Waals surface area contributed by atoms with Gasteiger partial charge in [-0.3, -0.25) is 15.7 Å². The van der Waals surface area contributed by atoms with E-state index in [1.54, 1.807) is 12.5 Å². The summed E-state index contributed by atoms with van der Waals surface area (Å²) >= 11 is 0. The van der Waals surface area contributed by atoms with Gasteiger partial charge in [0.15, 0.2) is 0 Å². The normalized spacial score (nSPS) is 10.8. The molecule has 90 valence electrons. The molecule has 2 aromatic heterocycles. The fourth-order valence-corrected chi connectivity index (χ4v) is 1.66. The molecular formula is C12H16N4O. The predicted octanol–water partition coefficient (Wildman–Crippen LogP) is 1.59. The van der Waals surface area contributed by atoms with Crippen LogP contribution in [0.4, 0.5) is 5.69 Å². The van der Waals surface area contributed by atoms with Gasteiger partial charge in [-0.25, -0.2) is 0 Å². The summed E-state index contributed by atoms with van der Waals surface area (Å²) in [4.78, 5) is 6.42. The highest BCUT2D eigenvalue weighted by atomic mass is 16.3. The van der Waals surface area contributed by atoms with E-state index in [0.717, 1.165) is 30.2 Å². The first kappa shape index (κ1) is 11.6. The number of aromatic nitrogens is 1. The fraction of sp³-hybridized carbons (Fsp3) is 0.250. The third-order valence-electron chi connectivity index (χ3n) is 2.42. The zero-order valence-corrected chi connectivity index (χ0v) is 9.76. The summed E-state index contributed by atoms with van der Waals surface area (Å²) in [7, 11) is 2.02. The molecule has 0 aliphatic heterocycles. The van der Waals surface area contributed by atoms with E-state index in [4.69, 9.17) is 10.3 Å². The van der Waals surface area contributed by atoms with Crippen LogP contribution in [0.15, 0.2) is 41.1 Å². The van der Waals surface area contributed by atoms with E-state index in [2.05, 4.69) is 15.3 Å². The van der Waals surface area contributed by atoms with Crippen LogP contribution in [-0.2, 0) is 13.1 Å². The molecule has 0 spiro atoms. The smallest absolute Gasteiger partial charge is 0.117 e. The Morgan fingerprint density at radius 1 is 1.41 bits per heavy atom. The van der Waals surface area contributed by atoms with E-state index in [1.807, 2.05) is 31.3 Å². The third-order valence-corrected chi connectivity index (χ3v) is 2.42. The van der Waals surface area contributed by atoms with Gasteiger partial charge in [0.2, 0.25) is 0 Å². The Labute approximate surface area is 100 Å². The molecule has 0 saturated carbocycles. The molecule has 0 saturated heterocycles. The molecule has 0 bridgehead atoms. The minimum absolute atomic E-state index is 0.746. The summed E-state index contributed by atoms with van der Waals surface area (Å²) in [5, 5.41) is 0. The molecule has 0 aliphatic carbocycles. The lowest BCUT2D eigenvalue weighted by atomic mass is 10.3. The van der Waals surface area contributed by atoms with Gasteiger partial charge in [0.25, 0.3) is 0 Å². The highest BCUT2D eigenvalue weighted by Gasteiger charge is 2.05. The molecule has 0 aromatic carbocycles. The van der Waals surface area contributed by atoms with Gasteiger partial charge in [0, 0.05) is 12.7 Å². The van der Waals surface area contributed by atoms with Crippen molar-refractivity contribution in [2.24, 2.45) is 5.84 Å². The summed E-state index contributed by atoms with van der Waals surface area (Å²) in [5.41, 5.74) is 4.44. The van der Waals surface area contributed by atoms with Crippen molar-refractivity contribution in [1.82, 2.24) is 9.88 Å². The van der Waals surface area contributed by atoms with Gasteiger partial charge >= 0.3 is 0 Å². The van der Waals surface area contributed by atoms with E-state index in [0.29, 0.717) is 0 Å². The van der Waals surface area contributed by atoms with Crippen LogP contribution in [0, 0.1) is 0 Å². The first-order valence-electron chi connectivity index (χ1n) is 5.40. The number of hydrogen-bond acceptors (Lipinski definition) is 5. The predicted molar refractivity (Wildman–Crippen MR) is 65.9 cm³/mol. The lowest BCUT2D eigenvalue weighted by Crippen LogP contribution is -2.18. The second-order valence-electron chi connectivity index (χ2n) is 3.93. The average Bonchev–Trinajstić information content (AvgIpc) is 2.82. The number of hydrazine groups is 1. The minimum Gasteiger partial charge on any atom is -0.468 e. The summed E-state index contributed by atoms with van der Waals surface area (Å²) in [5.74, 6) is 6.30. The molecule has 0 unspecified atom stereocenters. The van der Waals surface area contributed by atoms with Crippen LogP contribution in [0.5, 0.6) is 0 Å². The van der Waals surface area contributed by atoms with Crippen molar-refractivity contribution >= 4 is 5.69 Å². The van der Waals surface area contributed by atoms with Crippen molar-refractivity contribution in [3.05, 3.63) is 48.2 Å². The molecule has 5 nitrogen and oxygen atoms in total. The van der Waals surface area contributed by atoms with E-state index in [-0.39, 0.29) is 0 Å². The highest BCUT2D eigenvalue weighted by molar-refractivity contribution is 5.41. The van der Waals surface area contributed by atoms with Crippen LogP contribution < -0.4 is 11.3 Å². The van der Waals surface area contributed by atoms with E-state index in [1.165, 1.54) is 0 Å². The van der Waals surface area contributed by atoms with Crippen molar-refractivity contribution in [3.8, 4) is 0 Å². The zero-order valence-electron chi connectivity index (χ0n) is 9.76. The third kappa shape index (κ3) is 3.30. The minimum atomic E-state index is 0.746. The van der Waals surface area contributed by atoms with E-state index >= 15 is 0 Å². The van der Waals surface area contributed by atoms with Crippen molar-refractivity contribution in [2.75, 3.05) is 12.5 Å². The monoisotopic (exact) mass is 232 g/mol. The highest BCUT2D eigenvalue weighted by Crippen LogP contribution is 2.10. The standard InChI is InChI=1S/C12H16N4O/c1-16(9-12-3-2-6-17-12)8-11-7-10(15-13)4-5-14-11/h2-7H,8-9,13H2,1H3,(H,14,15). The van der Waals surface area contributed by atoms with Crippen LogP contribution >= 0.6 is 0 Å². The fourth-order valence-electron chi connectivity index (χ4n) is 1.66. The van der Waals surface area contributed by atoms with Gasteiger partial charge < -0.3 is 9.84 Å². The average molecular weight is 232 g/mol. The molecule has 0 amide bonds. The largest absolute Gasteiger partial charge is 0.468 e. The number of anilines is 1. The molecule has 5 heteroatoms.